The first-order chi connectivity index (χ1) is 8.49. The summed E-state index contributed by atoms with van der Waals surface area (Å²) in [6.07, 6.45) is 0.376. The number of aromatic nitrogens is 1. The molecule has 0 aliphatic carbocycles. The fraction of sp³-hybridized carbons (Fsp3) is 0.267. The maximum Gasteiger partial charge on any atom is 0.183 e. The third kappa shape index (κ3) is 2.49. The van der Waals surface area contributed by atoms with Crippen molar-refractivity contribution in [1.82, 2.24) is 4.98 Å². The Balaban J connectivity index is 2.25. The summed E-state index contributed by atoms with van der Waals surface area (Å²) in [7, 11) is 0. The predicted molar refractivity (Wildman–Crippen MR) is 74.5 cm³/mol. The number of hydrogen-bond acceptors (Lipinski definition) is 1. The second kappa shape index (κ2) is 4.99. The first kappa shape index (κ1) is 12.9. The van der Waals surface area contributed by atoms with Gasteiger partial charge < -0.3 is 4.98 Å². The lowest BCUT2D eigenvalue weighted by atomic mass is 10.0. The van der Waals surface area contributed by atoms with E-state index in [-0.39, 0.29) is 5.78 Å². The van der Waals surface area contributed by atoms with Crippen molar-refractivity contribution in [3.63, 3.8) is 0 Å². The molecule has 1 aromatic carbocycles. The zero-order chi connectivity index (χ0) is 13.3. The van der Waals surface area contributed by atoms with Crippen molar-refractivity contribution in [2.75, 3.05) is 0 Å². The van der Waals surface area contributed by atoms with Crippen LogP contribution >= 0.6 is 11.6 Å². The Bertz CT molecular complexity index is 599. The lowest BCUT2D eigenvalue weighted by Crippen LogP contribution is -2.05. The van der Waals surface area contributed by atoms with E-state index in [0.717, 1.165) is 22.4 Å². The third-order valence-electron chi connectivity index (χ3n) is 3.35. The van der Waals surface area contributed by atoms with Crippen LogP contribution in [0.5, 0.6) is 0 Å². The molecule has 18 heavy (non-hydrogen) atoms. The van der Waals surface area contributed by atoms with Crippen LogP contribution in [-0.2, 0) is 6.42 Å². The average Bonchev–Trinajstić information content (AvgIpc) is 2.57. The number of rotatable bonds is 3. The Morgan fingerprint density at radius 2 is 1.94 bits per heavy atom. The van der Waals surface area contributed by atoms with Crippen LogP contribution in [0.3, 0.4) is 0 Å². The first-order valence-electron chi connectivity index (χ1n) is 5.92. The van der Waals surface area contributed by atoms with E-state index < -0.39 is 0 Å². The van der Waals surface area contributed by atoms with Crippen LogP contribution in [0.15, 0.2) is 24.3 Å². The summed E-state index contributed by atoms with van der Waals surface area (Å²) < 4.78 is 0. The molecular weight excluding hydrogens is 246 g/mol. The number of aromatic amines is 1. The molecular formula is C15H16ClNO. The molecule has 2 nitrogen and oxygen atoms in total. The first-order valence-corrected chi connectivity index (χ1v) is 6.30. The van der Waals surface area contributed by atoms with Crippen LogP contribution in [0.4, 0.5) is 0 Å². The Labute approximate surface area is 112 Å². The standard InChI is InChI=1S/C15H16ClNO/c1-9-10(2)15(17-11(9)3)14(18)8-12-5-4-6-13(16)7-12/h4-7,17H,8H2,1-3H3. The van der Waals surface area contributed by atoms with Gasteiger partial charge in [0.1, 0.15) is 0 Å². The van der Waals surface area contributed by atoms with Gasteiger partial charge in [-0.15, -0.1) is 0 Å². The zero-order valence-electron chi connectivity index (χ0n) is 10.8. The van der Waals surface area contributed by atoms with Crippen molar-refractivity contribution in [2.24, 2.45) is 0 Å². The molecule has 0 spiro atoms. The van der Waals surface area contributed by atoms with Crippen molar-refractivity contribution in [1.29, 1.82) is 0 Å². The predicted octanol–water partition coefficient (Wildman–Crippen LogP) is 4.02. The van der Waals surface area contributed by atoms with Crippen molar-refractivity contribution in [3.8, 4) is 0 Å². The minimum absolute atomic E-state index is 0.103. The summed E-state index contributed by atoms with van der Waals surface area (Å²) in [4.78, 5) is 15.4. The molecule has 0 saturated heterocycles. The summed E-state index contributed by atoms with van der Waals surface area (Å²) in [5.41, 5.74) is 4.91. The van der Waals surface area contributed by atoms with Crippen LogP contribution in [0.2, 0.25) is 5.02 Å². The highest BCUT2D eigenvalue weighted by atomic mass is 35.5. The number of aryl methyl sites for hydroxylation is 1. The maximum atomic E-state index is 12.2. The van der Waals surface area contributed by atoms with E-state index in [2.05, 4.69) is 4.98 Å². The summed E-state index contributed by atoms with van der Waals surface area (Å²) in [6, 6.07) is 7.42. The number of halogens is 1. The van der Waals surface area contributed by atoms with E-state index in [1.807, 2.05) is 45.0 Å². The summed E-state index contributed by atoms with van der Waals surface area (Å²) >= 11 is 5.92. The fourth-order valence-corrected chi connectivity index (χ4v) is 2.26. The molecule has 94 valence electrons. The fourth-order valence-electron chi connectivity index (χ4n) is 2.04. The van der Waals surface area contributed by atoms with Gasteiger partial charge in [0, 0.05) is 17.1 Å². The summed E-state index contributed by atoms with van der Waals surface area (Å²) in [5.74, 6) is 0.103. The molecule has 1 N–H and O–H groups in total. The van der Waals surface area contributed by atoms with E-state index >= 15 is 0 Å². The van der Waals surface area contributed by atoms with E-state index in [4.69, 9.17) is 11.6 Å². The largest absolute Gasteiger partial charge is 0.356 e. The van der Waals surface area contributed by atoms with Crippen molar-refractivity contribution < 1.29 is 4.79 Å². The highest BCUT2D eigenvalue weighted by Crippen LogP contribution is 2.19. The lowest BCUT2D eigenvalue weighted by molar-refractivity contribution is 0.0988. The van der Waals surface area contributed by atoms with Crippen molar-refractivity contribution in [3.05, 3.63) is 57.4 Å². The number of carbonyl (C=O) groups excluding carboxylic acids is 1. The SMILES string of the molecule is Cc1[nH]c(C(=O)Cc2cccc(Cl)c2)c(C)c1C. The summed E-state index contributed by atoms with van der Waals surface area (Å²) in [5, 5.41) is 0.663. The van der Waals surface area contributed by atoms with Gasteiger partial charge in [0.05, 0.1) is 5.69 Å². The van der Waals surface area contributed by atoms with Gasteiger partial charge in [0.15, 0.2) is 5.78 Å². The maximum absolute atomic E-state index is 12.2. The van der Waals surface area contributed by atoms with E-state index in [1.165, 1.54) is 0 Å². The van der Waals surface area contributed by atoms with Crippen LogP contribution in [0.1, 0.15) is 32.9 Å². The Kier molecular flexibility index (Phi) is 3.58. The van der Waals surface area contributed by atoms with Crippen LogP contribution in [0, 0.1) is 20.8 Å². The number of carbonyl (C=O) groups is 1. The highest BCUT2D eigenvalue weighted by Gasteiger charge is 2.15. The minimum atomic E-state index is 0.103. The topological polar surface area (TPSA) is 32.9 Å². The number of ketones is 1. The second-order valence-electron chi connectivity index (χ2n) is 4.60. The van der Waals surface area contributed by atoms with Gasteiger partial charge in [-0.3, -0.25) is 4.79 Å². The Morgan fingerprint density at radius 3 is 2.50 bits per heavy atom. The van der Waals surface area contributed by atoms with Crippen LogP contribution in [-0.4, -0.2) is 10.8 Å². The van der Waals surface area contributed by atoms with E-state index in [9.17, 15) is 4.79 Å². The lowest BCUT2D eigenvalue weighted by Gasteiger charge is -2.02. The molecule has 0 fully saturated rings. The molecule has 0 aliphatic rings. The monoisotopic (exact) mass is 261 g/mol. The van der Waals surface area contributed by atoms with E-state index in [1.54, 1.807) is 0 Å². The van der Waals surface area contributed by atoms with Gasteiger partial charge in [0.2, 0.25) is 0 Å². The molecule has 0 saturated carbocycles. The molecule has 0 atom stereocenters. The molecule has 0 radical (unpaired) electrons. The molecule has 2 aromatic rings. The van der Waals surface area contributed by atoms with Crippen molar-refractivity contribution >= 4 is 17.4 Å². The smallest absolute Gasteiger partial charge is 0.183 e. The van der Waals surface area contributed by atoms with Crippen LogP contribution in [0.25, 0.3) is 0 Å². The molecule has 0 bridgehead atoms. The Morgan fingerprint density at radius 1 is 1.22 bits per heavy atom. The van der Waals surface area contributed by atoms with Gasteiger partial charge in [-0.25, -0.2) is 0 Å². The third-order valence-corrected chi connectivity index (χ3v) is 3.58. The number of benzene rings is 1. The number of H-pyrrole nitrogens is 1. The summed E-state index contributed by atoms with van der Waals surface area (Å²) in [6.45, 7) is 5.99. The Hall–Kier alpha value is -1.54. The molecule has 0 aliphatic heterocycles. The normalized spacial score (nSPS) is 10.7. The van der Waals surface area contributed by atoms with Crippen LogP contribution < -0.4 is 0 Å². The van der Waals surface area contributed by atoms with Crippen molar-refractivity contribution in [2.45, 2.75) is 27.2 Å². The zero-order valence-corrected chi connectivity index (χ0v) is 11.6. The highest BCUT2D eigenvalue weighted by molar-refractivity contribution is 6.30. The average molecular weight is 262 g/mol. The van der Waals surface area contributed by atoms with Gasteiger partial charge in [-0.2, -0.15) is 0 Å². The van der Waals surface area contributed by atoms with Gasteiger partial charge >= 0.3 is 0 Å². The molecule has 2 rings (SSSR count). The number of Topliss-reactive ketones (excluding diaryl/α,β-unsaturated/α-hetero) is 1. The quantitative estimate of drug-likeness (QED) is 0.832. The van der Waals surface area contributed by atoms with Gasteiger partial charge in [-0.05, 0) is 49.6 Å². The number of hydrogen-bond donors (Lipinski definition) is 1. The van der Waals surface area contributed by atoms with Gasteiger partial charge in [0.25, 0.3) is 0 Å². The number of nitrogens with one attached hydrogen (secondary N) is 1. The van der Waals surface area contributed by atoms with Gasteiger partial charge in [-0.1, -0.05) is 23.7 Å². The minimum Gasteiger partial charge on any atom is -0.356 e. The molecule has 1 aromatic heterocycles. The molecule has 1 heterocycles. The molecule has 3 heteroatoms. The van der Waals surface area contributed by atoms with E-state index in [0.29, 0.717) is 17.1 Å². The molecule has 0 unspecified atom stereocenters. The molecule has 0 amide bonds. The second-order valence-corrected chi connectivity index (χ2v) is 5.04.